The molecule has 1 aromatic rings. The minimum atomic E-state index is -2.18. The van der Waals surface area contributed by atoms with Crippen molar-refractivity contribution < 1.29 is 77.0 Å². The van der Waals surface area contributed by atoms with Crippen molar-refractivity contribution in [2.24, 2.45) is 52.8 Å². The first kappa shape index (κ1) is 65.1. The monoisotopic (exact) mass is 1120 g/mol. The largest absolute Gasteiger partial charge is 0.493 e. The summed E-state index contributed by atoms with van der Waals surface area (Å²) in [6.45, 7) is 15.2. The van der Waals surface area contributed by atoms with Crippen molar-refractivity contribution in [1.82, 2.24) is 4.90 Å². The van der Waals surface area contributed by atoms with Crippen molar-refractivity contribution in [2.45, 2.75) is 187 Å². The van der Waals surface area contributed by atoms with Crippen LogP contribution in [-0.2, 0) is 61.7 Å². The number of amides is 1. The van der Waals surface area contributed by atoms with Gasteiger partial charge in [0.05, 0.1) is 24.2 Å². The molecule has 17 atom stereocenters. The quantitative estimate of drug-likeness (QED) is 0.130. The number of benzene rings is 1. The number of piperidine rings is 1. The van der Waals surface area contributed by atoms with Crippen molar-refractivity contribution >= 4 is 42.0 Å². The van der Waals surface area contributed by atoms with Crippen molar-refractivity contribution in [3.05, 3.63) is 66.3 Å². The molecule has 18 heteroatoms. The second-order valence-corrected chi connectivity index (χ2v) is 24.5. The summed E-state index contributed by atoms with van der Waals surface area (Å²) in [6.07, 6.45) is 8.27. The molecule has 17 nitrogen and oxygen atoms in total. The van der Waals surface area contributed by atoms with Gasteiger partial charge >= 0.3 is 19.1 Å². The van der Waals surface area contributed by atoms with E-state index in [-0.39, 0.29) is 74.1 Å². The fourth-order valence-electron chi connectivity index (χ4n) is 12.4. The molecule has 1 aromatic carbocycles. The molecule has 0 spiro atoms. The number of aliphatic hydroxyl groups excluding tert-OH is 2. The molecule has 80 heavy (non-hydrogen) atoms. The predicted octanol–water partition coefficient (Wildman–Crippen LogP) is 6.91. The average molecular weight is 1120 g/mol. The predicted molar refractivity (Wildman–Crippen MR) is 302 cm³/mol. The highest BCUT2D eigenvalue weighted by Crippen LogP contribution is 2.40. The van der Waals surface area contributed by atoms with Crippen LogP contribution in [0, 0.1) is 52.8 Å². The number of hydrogen-bond donors (Lipinski definition) is 3. The van der Waals surface area contributed by atoms with Gasteiger partial charge in [-0.1, -0.05) is 102 Å². The minimum absolute atomic E-state index is 0.0250. The van der Waals surface area contributed by atoms with Crippen LogP contribution in [0.2, 0.25) is 0 Å². The number of fused-ring (bicyclic) bond motifs is 4. The fourth-order valence-corrected chi connectivity index (χ4v) is 12.4. The summed E-state index contributed by atoms with van der Waals surface area (Å²) in [5, 5.41) is 35.4. The summed E-state index contributed by atoms with van der Waals surface area (Å²) in [6, 6.07) is 9.54. The first-order valence-electron chi connectivity index (χ1n) is 29.4. The maximum Gasteiger partial charge on any atom is 0.493 e. The number of ether oxygens (including phenoxy) is 6. The molecule has 3 N–H and O–H groups in total. The van der Waals surface area contributed by atoms with Crippen LogP contribution in [0.3, 0.4) is 0 Å². The molecular formula is C62H94BNO16. The summed E-state index contributed by atoms with van der Waals surface area (Å²) in [7, 11) is 4.03. The van der Waals surface area contributed by atoms with Gasteiger partial charge in [-0.25, -0.2) is 0 Å². The lowest BCUT2D eigenvalue weighted by atomic mass is 9.75. The molecule has 5 aliphatic rings. The van der Waals surface area contributed by atoms with Gasteiger partial charge in [-0.2, -0.15) is 0 Å². The molecule has 4 bridgehead atoms. The normalized spacial score (nSPS) is 38.0. The van der Waals surface area contributed by atoms with Crippen LogP contribution in [-0.4, -0.2) is 159 Å². The van der Waals surface area contributed by atoms with Gasteiger partial charge in [-0.05, 0) is 113 Å². The third-order valence-corrected chi connectivity index (χ3v) is 17.9. The highest BCUT2D eigenvalue weighted by molar-refractivity contribution is 6.61. The number of aliphatic hydroxyl groups is 3. The van der Waals surface area contributed by atoms with Gasteiger partial charge in [0.15, 0.2) is 11.9 Å². The minimum Gasteiger partial charge on any atom is -0.461 e. The van der Waals surface area contributed by atoms with Crippen molar-refractivity contribution in [3.8, 4) is 0 Å². The van der Waals surface area contributed by atoms with E-state index in [9.17, 15) is 39.3 Å². The van der Waals surface area contributed by atoms with Crippen LogP contribution in [0.15, 0.2) is 66.3 Å². The highest BCUT2D eigenvalue weighted by atomic mass is 16.6. The van der Waals surface area contributed by atoms with E-state index in [1.54, 1.807) is 48.0 Å². The van der Waals surface area contributed by atoms with E-state index in [0.29, 0.717) is 76.2 Å². The van der Waals surface area contributed by atoms with E-state index in [1.165, 1.54) is 12.0 Å². The van der Waals surface area contributed by atoms with Crippen LogP contribution in [0.1, 0.15) is 132 Å². The van der Waals surface area contributed by atoms with Gasteiger partial charge in [0.2, 0.25) is 5.79 Å². The molecule has 4 unspecified atom stereocenters. The van der Waals surface area contributed by atoms with Gasteiger partial charge in [-0.3, -0.25) is 24.0 Å². The zero-order valence-electron chi connectivity index (χ0n) is 49.5. The smallest absolute Gasteiger partial charge is 0.461 e. The van der Waals surface area contributed by atoms with Crippen molar-refractivity contribution in [1.29, 1.82) is 0 Å². The number of cyclic esters (lactones) is 1. The summed E-state index contributed by atoms with van der Waals surface area (Å²) < 4.78 is 48.4. The number of carbonyl (C=O) groups is 5. The SMILES string of the molecule is CO[C@H]1C[C@@H]2CC[C@@H](C)[C@@](O)(O2)C(O)C(=O)N2CCCC(C2)C(=O)O[C@H]([C@H](C)CC2CC[C@@H](OC(=O)C3(C)COB(c4ccccc4)OC3)[C@H](OC)C2)CC(=O)[C@H](C)/C=C(\C)[C@@H](O)[C@@H](OC)C(=O)[C@H](C)C[C@H](C)/C=C/C=C/CC1C. The first-order valence-corrected chi connectivity index (χ1v) is 29.4. The number of methoxy groups -OCH3 is 3. The lowest BCUT2D eigenvalue weighted by Gasteiger charge is -2.46. The van der Waals surface area contributed by atoms with Gasteiger partial charge in [0, 0.05) is 78.2 Å². The molecule has 1 aliphatic carbocycles. The number of rotatable bonds is 9. The standard InChI is InChI=1S/C62H94BNO16/c1-38-19-14-12-15-20-39(2)51(73-9)33-48-26-24-44(7)62(72,80-48)57(68)58(69)64-28-18-21-46(35-64)59(70)78-52(34-49(65)40(3)30-43(6)55(67)56(75-11)54(66)42(5)29-38)41(4)31-45-25-27-50(53(32-45)74-10)79-60(71)61(8)36-76-63(77-37-61)47-22-16-13-17-23-47/h12-17,19,22-23,30,38-42,44-46,48,50-53,55-57,67-68,72H,18,20-21,24-29,31-37H2,1-11H3/b15-12+,19-14+,43-30+/t38-,39?,40-,41-,42-,44-,45?,46?,48+,50-,51+,52+,53-,55-,56+,57?,62-/m1/s1. The highest BCUT2D eigenvalue weighted by Gasteiger charge is 2.52. The molecule has 4 aliphatic heterocycles. The Kier molecular flexibility index (Phi) is 24.3. The van der Waals surface area contributed by atoms with Crippen molar-refractivity contribution in [3.63, 3.8) is 0 Å². The number of nitrogens with zero attached hydrogens (tertiary/aromatic N) is 1. The second kappa shape index (κ2) is 29.9. The van der Waals surface area contributed by atoms with Gasteiger partial charge in [0.1, 0.15) is 35.6 Å². The first-order chi connectivity index (χ1) is 38.0. The average Bonchev–Trinajstić information content (AvgIpc) is 3.48. The number of ketones is 2. The number of carbonyl (C=O) groups excluding carboxylic acids is 5. The Morgan fingerprint density at radius 1 is 0.863 bits per heavy atom. The molecule has 1 saturated carbocycles. The van der Waals surface area contributed by atoms with Gasteiger partial charge in [-0.15, -0.1) is 0 Å². The maximum atomic E-state index is 14.5. The van der Waals surface area contributed by atoms with E-state index in [4.69, 9.17) is 37.7 Å². The topological polar surface area (TPSA) is 223 Å². The Balaban J connectivity index is 1.20. The van der Waals surface area contributed by atoms with E-state index >= 15 is 0 Å². The molecule has 0 radical (unpaired) electrons. The van der Waals surface area contributed by atoms with Crippen LogP contribution in [0.4, 0.5) is 0 Å². The molecule has 4 fully saturated rings. The fraction of sp³-hybridized carbons (Fsp3) is 0.726. The summed E-state index contributed by atoms with van der Waals surface area (Å²) in [5.74, 6) is -7.24. The summed E-state index contributed by atoms with van der Waals surface area (Å²) >= 11 is 0. The van der Waals surface area contributed by atoms with Crippen LogP contribution < -0.4 is 5.46 Å². The zero-order chi connectivity index (χ0) is 58.5. The Hall–Kier alpha value is -4.11. The third kappa shape index (κ3) is 16.8. The van der Waals surface area contributed by atoms with Crippen LogP contribution in [0.5, 0.6) is 0 Å². The number of hydrogen-bond acceptors (Lipinski definition) is 16. The van der Waals surface area contributed by atoms with Gasteiger partial charge < -0.3 is 57.9 Å². The summed E-state index contributed by atoms with van der Waals surface area (Å²) in [5.41, 5.74) is 0.230. The number of esters is 2. The molecule has 446 valence electrons. The Bertz CT molecular complexity index is 2290. The molecule has 1 amide bonds. The second-order valence-electron chi connectivity index (χ2n) is 24.5. The van der Waals surface area contributed by atoms with E-state index in [2.05, 4.69) is 13.0 Å². The number of allylic oxidation sites excluding steroid dienone is 5. The van der Waals surface area contributed by atoms with E-state index < -0.39 is 103 Å². The molecule has 3 saturated heterocycles. The Labute approximate surface area is 476 Å². The molecule has 6 rings (SSSR count). The van der Waals surface area contributed by atoms with E-state index in [1.807, 2.05) is 69.3 Å². The lowest BCUT2D eigenvalue weighted by molar-refractivity contribution is -0.318. The lowest BCUT2D eigenvalue weighted by Crippen LogP contribution is -2.61. The number of Topliss-reactive ketones (excluding diaryl/α,β-unsaturated/α-hetero) is 2. The Morgan fingerprint density at radius 3 is 2.24 bits per heavy atom. The van der Waals surface area contributed by atoms with Crippen molar-refractivity contribution in [2.75, 3.05) is 47.6 Å². The molecule has 0 aromatic heterocycles. The summed E-state index contributed by atoms with van der Waals surface area (Å²) in [4.78, 5) is 72.1. The van der Waals surface area contributed by atoms with Crippen LogP contribution >= 0.6 is 0 Å². The maximum absolute atomic E-state index is 14.5. The van der Waals surface area contributed by atoms with Crippen LogP contribution in [0.25, 0.3) is 0 Å². The third-order valence-electron chi connectivity index (χ3n) is 17.9. The van der Waals surface area contributed by atoms with Gasteiger partial charge in [0.25, 0.3) is 5.91 Å². The van der Waals surface area contributed by atoms with E-state index in [0.717, 1.165) is 5.46 Å². The zero-order valence-corrected chi connectivity index (χ0v) is 49.5. The molecule has 4 heterocycles. The molecular weight excluding hydrogens is 1030 g/mol. The Morgan fingerprint density at radius 2 is 1.56 bits per heavy atom.